The second-order valence-electron chi connectivity index (χ2n) is 8.05. The van der Waals surface area contributed by atoms with Crippen LogP contribution < -0.4 is 5.32 Å². The van der Waals surface area contributed by atoms with Crippen molar-refractivity contribution in [3.05, 3.63) is 71.8 Å². The van der Waals surface area contributed by atoms with E-state index >= 15 is 0 Å². The smallest absolute Gasteiger partial charge is 0.0242 e. The molecule has 128 valence electrons. The van der Waals surface area contributed by atoms with E-state index in [2.05, 4.69) is 91.7 Å². The molecular weight excluding hydrogens is 292 g/mol. The van der Waals surface area contributed by atoms with Crippen molar-refractivity contribution in [2.24, 2.45) is 5.41 Å². The molecule has 1 aliphatic rings. The Hall–Kier alpha value is -1.64. The Bertz CT molecular complexity index is 615. The van der Waals surface area contributed by atoms with E-state index < -0.39 is 0 Å². The van der Waals surface area contributed by atoms with E-state index in [1.165, 1.54) is 17.5 Å². The van der Waals surface area contributed by atoms with Gasteiger partial charge in [0, 0.05) is 31.7 Å². The molecule has 2 heteroatoms. The molecule has 3 rings (SSSR count). The fourth-order valence-corrected chi connectivity index (χ4v) is 3.71. The summed E-state index contributed by atoms with van der Waals surface area (Å²) in [7, 11) is 0. The van der Waals surface area contributed by atoms with Crippen LogP contribution in [0.3, 0.4) is 0 Å². The average Bonchev–Trinajstić information content (AvgIpc) is 2.56. The van der Waals surface area contributed by atoms with E-state index in [1.807, 2.05) is 0 Å². The summed E-state index contributed by atoms with van der Waals surface area (Å²) in [6.07, 6.45) is 1.29. The van der Waals surface area contributed by atoms with Gasteiger partial charge in [0.25, 0.3) is 0 Å². The van der Waals surface area contributed by atoms with Crippen LogP contribution in [-0.4, -0.2) is 23.5 Å². The Morgan fingerprint density at radius 2 is 1.50 bits per heavy atom. The molecule has 1 fully saturated rings. The van der Waals surface area contributed by atoms with Crippen molar-refractivity contribution >= 4 is 0 Å². The molecule has 2 aromatic carbocycles. The van der Waals surface area contributed by atoms with Gasteiger partial charge in [0.15, 0.2) is 0 Å². The lowest BCUT2D eigenvalue weighted by Gasteiger charge is -2.54. The number of rotatable bonds is 6. The van der Waals surface area contributed by atoms with Crippen molar-refractivity contribution in [1.29, 1.82) is 0 Å². The van der Waals surface area contributed by atoms with Crippen molar-refractivity contribution in [3.8, 4) is 0 Å². The quantitative estimate of drug-likeness (QED) is 0.844. The zero-order valence-electron chi connectivity index (χ0n) is 15.2. The van der Waals surface area contributed by atoms with Gasteiger partial charge in [-0.15, -0.1) is 0 Å². The van der Waals surface area contributed by atoms with Crippen LogP contribution in [0.5, 0.6) is 0 Å². The Morgan fingerprint density at radius 3 is 2.08 bits per heavy atom. The summed E-state index contributed by atoms with van der Waals surface area (Å²) < 4.78 is 0. The van der Waals surface area contributed by atoms with Gasteiger partial charge in [0.05, 0.1) is 0 Å². The molecule has 1 saturated heterocycles. The van der Waals surface area contributed by atoms with Crippen LogP contribution in [0.25, 0.3) is 0 Å². The molecule has 2 aromatic rings. The first-order chi connectivity index (χ1) is 11.5. The number of nitrogens with one attached hydrogen (secondary N) is 1. The maximum atomic E-state index is 3.65. The zero-order valence-corrected chi connectivity index (χ0v) is 15.2. The summed E-state index contributed by atoms with van der Waals surface area (Å²) in [5, 5.41) is 3.65. The fourth-order valence-electron chi connectivity index (χ4n) is 3.71. The number of likely N-dealkylation sites (tertiary alicyclic amines) is 1. The highest BCUT2D eigenvalue weighted by molar-refractivity contribution is 5.17. The predicted molar refractivity (Wildman–Crippen MR) is 102 cm³/mol. The number of benzene rings is 2. The molecule has 1 heterocycles. The van der Waals surface area contributed by atoms with Gasteiger partial charge in [-0.3, -0.25) is 4.90 Å². The van der Waals surface area contributed by atoms with Gasteiger partial charge in [0.1, 0.15) is 0 Å². The van der Waals surface area contributed by atoms with E-state index in [9.17, 15) is 0 Å². The lowest BCUT2D eigenvalue weighted by atomic mass is 9.75. The number of nitrogens with zero attached hydrogens (tertiary/aromatic N) is 1. The first-order valence-corrected chi connectivity index (χ1v) is 9.08. The second kappa shape index (κ2) is 7.50. The molecule has 0 aromatic heterocycles. The molecular formula is C22H30N2. The third-order valence-electron chi connectivity index (χ3n) is 5.12. The molecule has 0 bridgehead atoms. The van der Waals surface area contributed by atoms with Gasteiger partial charge in [-0.1, -0.05) is 81.4 Å². The normalized spacial score (nSPS) is 21.5. The van der Waals surface area contributed by atoms with Crippen LogP contribution in [0, 0.1) is 5.41 Å². The average molecular weight is 322 g/mol. The summed E-state index contributed by atoms with van der Waals surface area (Å²) >= 11 is 0. The summed E-state index contributed by atoms with van der Waals surface area (Å²) in [5.74, 6) is 0. The zero-order chi connectivity index (χ0) is 17.0. The molecule has 24 heavy (non-hydrogen) atoms. The van der Waals surface area contributed by atoms with Gasteiger partial charge in [-0.25, -0.2) is 0 Å². The molecule has 0 radical (unpaired) electrons. The third kappa shape index (κ3) is 4.25. The minimum atomic E-state index is 0.338. The topological polar surface area (TPSA) is 15.3 Å². The lowest BCUT2D eigenvalue weighted by molar-refractivity contribution is -0.0518. The van der Waals surface area contributed by atoms with E-state index in [-0.39, 0.29) is 0 Å². The van der Waals surface area contributed by atoms with E-state index in [1.54, 1.807) is 0 Å². The maximum absolute atomic E-state index is 3.65. The van der Waals surface area contributed by atoms with Crippen molar-refractivity contribution in [2.45, 2.75) is 52.4 Å². The van der Waals surface area contributed by atoms with Crippen LogP contribution in [0.2, 0.25) is 0 Å². The molecule has 2 nitrogen and oxygen atoms in total. The first kappa shape index (κ1) is 17.2. The standard InChI is InChI=1S/C22H30N2/c1-22(2,3)21-14-20(16-23-15-18-10-6-4-7-11-18)24(21)17-19-12-8-5-9-13-19/h4-13,20-21,23H,14-17H2,1-3H3/t20-,21+/m0/s1. The Morgan fingerprint density at radius 1 is 0.917 bits per heavy atom. The number of hydrogen-bond acceptors (Lipinski definition) is 2. The van der Waals surface area contributed by atoms with Crippen LogP contribution in [0.4, 0.5) is 0 Å². The summed E-state index contributed by atoms with van der Waals surface area (Å²) in [6, 6.07) is 22.8. The predicted octanol–water partition coefficient (Wildman–Crippen LogP) is 4.47. The third-order valence-corrected chi connectivity index (χ3v) is 5.12. The molecule has 2 atom stereocenters. The van der Waals surface area contributed by atoms with Gasteiger partial charge in [-0.2, -0.15) is 0 Å². The molecule has 1 aliphatic heterocycles. The SMILES string of the molecule is CC(C)(C)[C@H]1C[C@@H](CNCc2ccccc2)N1Cc1ccccc1. The molecule has 0 unspecified atom stereocenters. The Balaban J connectivity index is 1.58. The minimum Gasteiger partial charge on any atom is -0.311 e. The molecule has 0 amide bonds. The van der Waals surface area contributed by atoms with Crippen molar-refractivity contribution in [1.82, 2.24) is 10.2 Å². The fraction of sp³-hybridized carbons (Fsp3) is 0.455. The summed E-state index contributed by atoms with van der Waals surface area (Å²) in [5.41, 5.74) is 3.11. The van der Waals surface area contributed by atoms with Crippen LogP contribution in [0.15, 0.2) is 60.7 Å². The van der Waals surface area contributed by atoms with Gasteiger partial charge in [-0.05, 0) is 23.0 Å². The van der Waals surface area contributed by atoms with E-state index in [0.717, 1.165) is 19.6 Å². The van der Waals surface area contributed by atoms with Crippen molar-refractivity contribution < 1.29 is 0 Å². The highest BCUT2D eigenvalue weighted by Gasteiger charge is 2.43. The van der Waals surface area contributed by atoms with Crippen LogP contribution >= 0.6 is 0 Å². The van der Waals surface area contributed by atoms with Gasteiger partial charge >= 0.3 is 0 Å². The summed E-state index contributed by atoms with van der Waals surface area (Å²) in [4.78, 5) is 2.69. The number of hydrogen-bond donors (Lipinski definition) is 1. The van der Waals surface area contributed by atoms with Gasteiger partial charge < -0.3 is 5.32 Å². The Kier molecular flexibility index (Phi) is 5.37. The first-order valence-electron chi connectivity index (χ1n) is 9.08. The van der Waals surface area contributed by atoms with Crippen molar-refractivity contribution in [2.75, 3.05) is 6.54 Å². The van der Waals surface area contributed by atoms with E-state index in [4.69, 9.17) is 0 Å². The molecule has 0 saturated carbocycles. The van der Waals surface area contributed by atoms with Crippen LogP contribution in [-0.2, 0) is 13.1 Å². The van der Waals surface area contributed by atoms with Crippen LogP contribution in [0.1, 0.15) is 38.3 Å². The highest BCUT2D eigenvalue weighted by atomic mass is 15.3. The maximum Gasteiger partial charge on any atom is 0.0242 e. The Labute approximate surface area is 146 Å². The monoisotopic (exact) mass is 322 g/mol. The summed E-state index contributed by atoms with van der Waals surface area (Å²) in [6.45, 7) is 10.2. The largest absolute Gasteiger partial charge is 0.311 e. The second-order valence-corrected chi connectivity index (χ2v) is 8.05. The highest BCUT2D eigenvalue weighted by Crippen LogP contribution is 2.39. The lowest BCUT2D eigenvalue weighted by Crippen LogP contribution is -2.63. The molecule has 0 aliphatic carbocycles. The van der Waals surface area contributed by atoms with Gasteiger partial charge in [0.2, 0.25) is 0 Å². The molecule has 0 spiro atoms. The van der Waals surface area contributed by atoms with E-state index in [0.29, 0.717) is 17.5 Å². The van der Waals surface area contributed by atoms with Crippen molar-refractivity contribution in [3.63, 3.8) is 0 Å². The minimum absolute atomic E-state index is 0.338. The molecule has 1 N–H and O–H groups in total.